The van der Waals surface area contributed by atoms with Crippen LogP contribution >= 0.6 is 25.0 Å². The number of carbonyl (C=O) groups is 4. The molecule has 0 aliphatic heterocycles. The zero-order valence-corrected chi connectivity index (χ0v) is 14.4. The third-order valence-electron chi connectivity index (χ3n) is 2.69. The lowest BCUT2D eigenvalue weighted by Crippen LogP contribution is -2.56. The topological polar surface area (TPSA) is 159 Å². The van der Waals surface area contributed by atoms with E-state index in [2.05, 4.69) is 23.3 Å². The van der Waals surface area contributed by atoms with E-state index in [1.54, 1.807) is 13.8 Å². The zero-order valence-electron chi connectivity index (χ0n) is 12.7. The van der Waals surface area contributed by atoms with Gasteiger partial charge >= 0.3 is 11.9 Å². The molecule has 2 atom stereocenters. The molecule has 11 heteroatoms. The van der Waals surface area contributed by atoms with Crippen molar-refractivity contribution in [1.29, 1.82) is 0 Å². The van der Waals surface area contributed by atoms with Crippen molar-refractivity contribution in [2.45, 2.75) is 43.5 Å². The molecule has 0 radical (unpaired) electrons. The number of carboxylic acids is 2. The largest absolute Gasteiger partial charge is 0.480 e. The van der Waals surface area contributed by atoms with E-state index < -0.39 is 47.1 Å². The molecule has 23 heavy (non-hydrogen) atoms. The zero-order chi connectivity index (χ0) is 17.5. The molecule has 0 rings (SSSR count). The lowest BCUT2D eigenvalue weighted by molar-refractivity contribution is -0.139. The molecule has 0 fully saturated rings. The maximum Gasteiger partial charge on any atom is 0.322 e. The molecular weight excluding hydrogens is 350 g/mol. The number of rotatable bonds is 9. The van der Waals surface area contributed by atoms with Crippen LogP contribution in [0.15, 0.2) is 0 Å². The number of nitrogens with one attached hydrogen (secondary N) is 2. The fourth-order valence-electron chi connectivity index (χ4n) is 1.47. The summed E-state index contributed by atoms with van der Waals surface area (Å²) in [6.07, 6.45) is -0.266. The molecule has 0 saturated heterocycles. The molecule has 0 aromatic heterocycles. The Labute approximate surface area is 145 Å². The Morgan fingerprint density at radius 1 is 1.22 bits per heavy atom. The molecule has 0 aliphatic rings. The highest BCUT2D eigenvalue weighted by molar-refractivity contribution is 7.81. The van der Waals surface area contributed by atoms with Crippen molar-refractivity contribution in [2.24, 2.45) is 5.73 Å². The van der Waals surface area contributed by atoms with Crippen LogP contribution in [0, 0.1) is 0 Å². The molecule has 2 amide bonds. The van der Waals surface area contributed by atoms with Crippen molar-refractivity contribution in [2.75, 3.05) is 6.54 Å². The monoisotopic (exact) mass is 371 g/mol. The Morgan fingerprint density at radius 2 is 1.74 bits per heavy atom. The van der Waals surface area contributed by atoms with Gasteiger partial charge in [0.05, 0.1) is 0 Å². The molecule has 0 bridgehead atoms. The van der Waals surface area contributed by atoms with Gasteiger partial charge in [-0.25, -0.2) is 0 Å². The van der Waals surface area contributed by atoms with Crippen LogP contribution in [0.5, 0.6) is 0 Å². The van der Waals surface area contributed by atoms with Gasteiger partial charge in [-0.15, -0.1) is 12.4 Å². The molecule has 0 spiro atoms. The number of amides is 2. The van der Waals surface area contributed by atoms with Gasteiger partial charge in [-0.3, -0.25) is 19.2 Å². The first-order valence-electron chi connectivity index (χ1n) is 6.44. The minimum atomic E-state index is -1.22. The van der Waals surface area contributed by atoms with E-state index in [0.717, 1.165) is 0 Å². The Bertz CT molecular complexity index is 455. The normalized spacial score (nSPS) is 13.2. The van der Waals surface area contributed by atoms with E-state index in [-0.39, 0.29) is 25.2 Å². The van der Waals surface area contributed by atoms with Crippen LogP contribution in [0.2, 0.25) is 0 Å². The summed E-state index contributed by atoms with van der Waals surface area (Å²) in [6.45, 7) is 2.56. The molecule has 0 aromatic rings. The van der Waals surface area contributed by atoms with Gasteiger partial charge in [0.25, 0.3) is 0 Å². The van der Waals surface area contributed by atoms with E-state index in [9.17, 15) is 19.2 Å². The number of hydrogen-bond donors (Lipinski definition) is 6. The smallest absolute Gasteiger partial charge is 0.322 e. The van der Waals surface area contributed by atoms with Gasteiger partial charge in [0.15, 0.2) is 0 Å². The molecule has 0 saturated carbocycles. The molecule has 9 nitrogen and oxygen atoms in total. The van der Waals surface area contributed by atoms with Gasteiger partial charge in [0.1, 0.15) is 18.6 Å². The van der Waals surface area contributed by atoms with E-state index >= 15 is 0 Å². The lowest BCUT2D eigenvalue weighted by Gasteiger charge is -2.29. The molecule has 0 aliphatic carbocycles. The first-order chi connectivity index (χ1) is 9.95. The molecule has 0 heterocycles. The minimum Gasteiger partial charge on any atom is -0.480 e. The summed E-state index contributed by atoms with van der Waals surface area (Å²) in [5, 5.41) is 21.7. The van der Waals surface area contributed by atoms with Crippen LogP contribution in [0.3, 0.4) is 0 Å². The second-order valence-corrected chi connectivity index (χ2v) is 6.40. The third-order valence-corrected chi connectivity index (χ3v) is 2.95. The van der Waals surface area contributed by atoms with E-state index in [1.807, 2.05) is 0 Å². The highest BCUT2D eigenvalue weighted by atomic mass is 35.5. The summed E-state index contributed by atoms with van der Waals surface area (Å²) in [4.78, 5) is 44.7. The van der Waals surface area contributed by atoms with Crippen molar-refractivity contribution in [3.05, 3.63) is 0 Å². The van der Waals surface area contributed by atoms with Gasteiger partial charge in [-0.05, 0) is 20.3 Å². The maximum absolute atomic E-state index is 11.9. The minimum absolute atomic E-state index is 0. The summed E-state index contributed by atoms with van der Waals surface area (Å²) < 4.78 is -0.951. The van der Waals surface area contributed by atoms with Crippen molar-refractivity contribution < 1.29 is 29.4 Å². The summed E-state index contributed by atoms with van der Waals surface area (Å²) >= 11 is 4.21. The average molecular weight is 372 g/mol. The number of carboxylic acid groups (broad SMARTS) is 2. The molecule has 134 valence electrons. The van der Waals surface area contributed by atoms with Gasteiger partial charge in [-0.2, -0.15) is 12.6 Å². The maximum atomic E-state index is 11.9. The Kier molecular flexibility index (Phi) is 10.6. The first-order valence-corrected chi connectivity index (χ1v) is 6.89. The summed E-state index contributed by atoms with van der Waals surface area (Å²) in [7, 11) is 0. The van der Waals surface area contributed by atoms with Crippen LogP contribution < -0.4 is 16.4 Å². The highest BCUT2D eigenvalue weighted by Gasteiger charge is 2.33. The summed E-state index contributed by atoms with van der Waals surface area (Å²) in [5.74, 6) is -3.71. The van der Waals surface area contributed by atoms with Crippen molar-refractivity contribution in [3.63, 3.8) is 0 Å². The average Bonchev–Trinajstić information content (AvgIpc) is 2.37. The number of halogens is 1. The van der Waals surface area contributed by atoms with Gasteiger partial charge in [-0.1, -0.05) is 0 Å². The standard InChI is InChI=1S/C12H21N3O6S.ClH/c1-12(2,22)9(10(19)14-5-8(17)18)15-7(16)4-3-6(13)11(20)21;/h6,9,22H,3-5,13H2,1-2H3,(H,14,19)(H,15,16)(H,17,18)(H,20,21);1H/t6-,9-;/m0./s1. The second-order valence-electron chi connectivity index (χ2n) is 5.25. The second kappa shape index (κ2) is 10.3. The predicted molar refractivity (Wildman–Crippen MR) is 87.7 cm³/mol. The van der Waals surface area contributed by atoms with Gasteiger partial charge < -0.3 is 26.6 Å². The van der Waals surface area contributed by atoms with Gasteiger partial charge in [0.2, 0.25) is 11.8 Å². The fraction of sp³-hybridized carbons (Fsp3) is 0.667. The Morgan fingerprint density at radius 3 is 2.13 bits per heavy atom. The predicted octanol–water partition coefficient (Wildman–Crippen LogP) is -1.01. The Balaban J connectivity index is 0. The van der Waals surface area contributed by atoms with Crippen LogP contribution in [0.4, 0.5) is 0 Å². The van der Waals surface area contributed by atoms with Crippen molar-refractivity contribution >= 4 is 48.8 Å². The van der Waals surface area contributed by atoms with Crippen molar-refractivity contribution in [1.82, 2.24) is 10.6 Å². The Hall–Kier alpha value is -1.52. The van der Waals surface area contributed by atoms with E-state index in [4.69, 9.17) is 15.9 Å². The third kappa shape index (κ3) is 9.97. The number of nitrogens with two attached hydrogens (primary N) is 1. The number of thiol groups is 1. The molecule has 6 N–H and O–H groups in total. The van der Waals surface area contributed by atoms with E-state index in [1.165, 1.54) is 0 Å². The van der Waals surface area contributed by atoms with Crippen LogP contribution in [0.25, 0.3) is 0 Å². The lowest BCUT2D eigenvalue weighted by atomic mass is 10.0. The quantitative estimate of drug-likeness (QED) is 0.283. The highest BCUT2D eigenvalue weighted by Crippen LogP contribution is 2.18. The molecular formula is C12H22ClN3O6S. The summed E-state index contributed by atoms with van der Waals surface area (Å²) in [5.41, 5.74) is 5.28. The number of aliphatic carboxylic acids is 2. The van der Waals surface area contributed by atoms with Crippen molar-refractivity contribution in [3.8, 4) is 0 Å². The number of hydrogen-bond acceptors (Lipinski definition) is 6. The van der Waals surface area contributed by atoms with Gasteiger partial charge in [0, 0.05) is 11.2 Å². The van der Waals surface area contributed by atoms with E-state index in [0.29, 0.717) is 0 Å². The van der Waals surface area contributed by atoms with Crippen LogP contribution in [-0.4, -0.2) is 57.3 Å². The van der Waals surface area contributed by atoms with Crippen LogP contribution in [-0.2, 0) is 19.2 Å². The fourth-order valence-corrected chi connectivity index (χ4v) is 1.65. The van der Waals surface area contributed by atoms with Crippen LogP contribution in [0.1, 0.15) is 26.7 Å². The SMILES string of the molecule is CC(C)(S)[C@@H](NC(=O)CC[C@H](N)C(=O)O)C(=O)NCC(=O)O.Cl. The molecule has 0 aromatic carbocycles. The molecule has 0 unspecified atom stereocenters. The summed E-state index contributed by atoms with van der Waals surface area (Å²) in [6, 6.07) is -2.25. The number of carbonyl (C=O) groups excluding carboxylic acids is 2. The first kappa shape index (κ1) is 23.7.